The third kappa shape index (κ3) is 3.23. The third-order valence-corrected chi connectivity index (χ3v) is 5.00. The molecule has 2 aromatic heterocycles. The number of hydrogen-bond acceptors (Lipinski definition) is 4. The Hall–Kier alpha value is -2.79. The van der Waals surface area contributed by atoms with Crippen LogP contribution in [0.15, 0.2) is 70.8 Å². The Balaban J connectivity index is 1.73. The molecule has 0 bridgehead atoms. The fourth-order valence-corrected chi connectivity index (χ4v) is 3.70. The van der Waals surface area contributed by atoms with Crippen LogP contribution in [0.5, 0.6) is 5.75 Å². The molecule has 0 fully saturated rings. The van der Waals surface area contributed by atoms with Gasteiger partial charge in [0.1, 0.15) is 22.7 Å². The fourth-order valence-electron chi connectivity index (χ4n) is 2.71. The number of fused-ring (bicyclic) bond motifs is 1. The molecular weight excluding hydrogens is 330 g/mol. The van der Waals surface area contributed by atoms with Crippen LogP contribution in [-0.4, -0.2) is 22.1 Å². The summed E-state index contributed by atoms with van der Waals surface area (Å²) in [5.41, 5.74) is 4.19. The van der Waals surface area contributed by atoms with Crippen molar-refractivity contribution in [3.8, 4) is 17.0 Å². The number of H-pyrrole nitrogens is 1. The average Bonchev–Trinajstić information content (AvgIpc) is 3.07. The van der Waals surface area contributed by atoms with Gasteiger partial charge in [0.05, 0.1) is 12.5 Å². The van der Waals surface area contributed by atoms with Crippen molar-refractivity contribution in [3.63, 3.8) is 0 Å². The molecule has 0 saturated carbocycles. The van der Waals surface area contributed by atoms with Crippen LogP contribution in [0.3, 0.4) is 0 Å². The van der Waals surface area contributed by atoms with Crippen LogP contribution in [0, 0.1) is 6.92 Å². The van der Waals surface area contributed by atoms with Crippen molar-refractivity contribution in [1.82, 2.24) is 15.0 Å². The largest absolute Gasteiger partial charge is 0.497 e. The van der Waals surface area contributed by atoms with Gasteiger partial charge in [-0.25, -0.2) is 9.97 Å². The zero-order chi connectivity index (χ0) is 17.2. The first-order chi connectivity index (χ1) is 12.2. The molecular formula is C20H17N3OS. The molecule has 0 aliphatic heterocycles. The number of methoxy groups -OCH3 is 1. The van der Waals surface area contributed by atoms with Gasteiger partial charge in [-0.15, -0.1) is 0 Å². The van der Waals surface area contributed by atoms with Gasteiger partial charge in [0.2, 0.25) is 0 Å². The molecule has 2 aromatic carbocycles. The number of rotatable bonds is 4. The van der Waals surface area contributed by atoms with Crippen molar-refractivity contribution in [2.45, 2.75) is 16.8 Å². The highest BCUT2D eigenvalue weighted by Crippen LogP contribution is 2.33. The van der Waals surface area contributed by atoms with E-state index in [1.807, 2.05) is 24.3 Å². The molecule has 4 nitrogen and oxygen atoms in total. The first-order valence-corrected chi connectivity index (χ1v) is 8.77. The van der Waals surface area contributed by atoms with Crippen LogP contribution >= 0.6 is 11.8 Å². The van der Waals surface area contributed by atoms with E-state index in [0.717, 1.165) is 33.1 Å². The number of benzene rings is 2. The quantitative estimate of drug-likeness (QED) is 0.522. The first-order valence-electron chi connectivity index (χ1n) is 7.95. The average molecular weight is 347 g/mol. The monoisotopic (exact) mass is 347 g/mol. The highest BCUT2D eigenvalue weighted by atomic mass is 32.2. The summed E-state index contributed by atoms with van der Waals surface area (Å²) in [5.74, 6) is 0.843. The molecule has 0 aliphatic rings. The molecule has 4 aromatic rings. The Bertz CT molecular complexity index is 1020. The number of aryl methyl sites for hydroxylation is 1. The number of ether oxygens (including phenoxy) is 1. The highest BCUT2D eigenvalue weighted by molar-refractivity contribution is 7.99. The van der Waals surface area contributed by atoms with Crippen LogP contribution in [0.4, 0.5) is 0 Å². The van der Waals surface area contributed by atoms with Crippen LogP contribution in [-0.2, 0) is 0 Å². The van der Waals surface area contributed by atoms with E-state index in [-0.39, 0.29) is 0 Å². The minimum absolute atomic E-state index is 0.843. The van der Waals surface area contributed by atoms with Gasteiger partial charge in [-0.2, -0.15) is 0 Å². The maximum atomic E-state index is 5.22. The molecule has 0 spiro atoms. The second kappa shape index (κ2) is 6.61. The molecule has 0 atom stereocenters. The van der Waals surface area contributed by atoms with E-state index in [4.69, 9.17) is 4.74 Å². The lowest BCUT2D eigenvalue weighted by Gasteiger charge is -2.02. The Morgan fingerprint density at radius 1 is 1.00 bits per heavy atom. The van der Waals surface area contributed by atoms with E-state index in [9.17, 15) is 0 Å². The topological polar surface area (TPSA) is 50.8 Å². The summed E-state index contributed by atoms with van der Waals surface area (Å²) in [5, 5.41) is 1.98. The van der Waals surface area contributed by atoms with Gasteiger partial charge in [-0.1, -0.05) is 29.5 Å². The van der Waals surface area contributed by atoms with Crippen molar-refractivity contribution < 1.29 is 4.74 Å². The lowest BCUT2D eigenvalue weighted by atomic mass is 10.1. The Labute approximate surface area is 150 Å². The number of nitrogens with one attached hydrogen (secondary N) is 1. The van der Waals surface area contributed by atoms with E-state index >= 15 is 0 Å². The summed E-state index contributed by atoms with van der Waals surface area (Å²) >= 11 is 1.65. The molecule has 0 saturated heterocycles. The van der Waals surface area contributed by atoms with E-state index in [2.05, 4.69) is 52.2 Å². The van der Waals surface area contributed by atoms with Crippen molar-refractivity contribution in [1.29, 1.82) is 0 Å². The molecule has 1 N–H and O–H groups in total. The molecule has 2 heterocycles. The van der Waals surface area contributed by atoms with Gasteiger partial charge >= 0.3 is 0 Å². The molecule has 0 amide bonds. The van der Waals surface area contributed by atoms with Gasteiger partial charge in [-0.05, 0) is 55.0 Å². The number of hydrogen-bond donors (Lipinski definition) is 1. The molecule has 0 aliphatic carbocycles. The fraction of sp³-hybridized carbons (Fsp3) is 0.100. The minimum Gasteiger partial charge on any atom is -0.497 e. The normalized spacial score (nSPS) is 11.0. The van der Waals surface area contributed by atoms with Gasteiger partial charge in [0, 0.05) is 10.6 Å². The Morgan fingerprint density at radius 2 is 1.84 bits per heavy atom. The van der Waals surface area contributed by atoms with Crippen molar-refractivity contribution in [2.24, 2.45) is 0 Å². The Kier molecular flexibility index (Phi) is 4.15. The van der Waals surface area contributed by atoms with Crippen LogP contribution < -0.4 is 4.74 Å². The van der Waals surface area contributed by atoms with Crippen molar-refractivity contribution in [2.75, 3.05) is 7.11 Å². The highest BCUT2D eigenvalue weighted by Gasteiger charge is 2.11. The first kappa shape index (κ1) is 15.7. The van der Waals surface area contributed by atoms with Gasteiger partial charge in [-0.3, -0.25) is 0 Å². The Morgan fingerprint density at radius 3 is 2.60 bits per heavy atom. The summed E-state index contributed by atoms with van der Waals surface area (Å²) in [7, 11) is 1.67. The minimum atomic E-state index is 0.843. The van der Waals surface area contributed by atoms with Gasteiger partial charge in [0.25, 0.3) is 0 Å². The molecule has 0 unspecified atom stereocenters. The van der Waals surface area contributed by atoms with Crippen LogP contribution in [0.2, 0.25) is 0 Å². The van der Waals surface area contributed by atoms with Crippen LogP contribution in [0.1, 0.15) is 5.56 Å². The smallest absolute Gasteiger partial charge is 0.142 e. The van der Waals surface area contributed by atoms with E-state index in [1.165, 1.54) is 10.5 Å². The summed E-state index contributed by atoms with van der Waals surface area (Å²) in [6.45, 7) is 2.09. The van der Waals surface area contributed by atoms with E-state index in [0.29, 0.717) is 0 Å². The zero-order valence-electron chi connectivity index (χ0n) is 14.0. The van der Waals surface area contributed by atoms with Gasteiger partial charge in [0.15, 0.2) is 0 Å². The van der Waals surface area contributed by atoms with Crippen LogP contribution in [0.25, 0.3) is 22.3 Å². The summed E-state index contributed by atoms with van der Waals surface area (Å²) in [6, 6.07) is 18.5. The molecule has 25 heavy (non-hydrogen) atoms. The summed E-state index contributed by atoms with van der Waals surface area (Å²) < 4.78 is 5.22. The number of nitrogens with zero attached hydrogens (tertiary/aromatic N) is 2. The second-order valence-electron chi connectivity index (χ2n) is 5.77. The maximum Gasteiger partial charge on any atom is 0.142 e. The molecule has 124 valence electrons. The summed E-state index contributed by atoms with van der Waals surface area (Å²) in [6.07, 6.45) is 1.61. The van der Waals surface area contributed by atoms with Crippen molar-refractivity contribution >= 4 is 22.8 Å². The standard InChI is InChI=1S/C20H17N3OS/c1-13-4-3-5-16(10-13)25-20-17-11-18(23-19(17)21-12-22-20)14-6-8-15(24-2)9-7-14/h3-12H,1-2H3,(H,21,22,23). The van der Waals surface area contributed by atoms with Gasteiger partial charge < -0.3 is 9.72 Å². The summed E-state index contributed by atoms with van der Waals surface area (Å²) in [4.78, 5) is 13.4. The number of aromatic nitrogens is 3. The predicted molar refractivity (Wildman–Crippen MR) is 101 cm³/mol. The molecule has 5 heteroatoms. The lowest BCUT2D eigenvalue weighted by Crippen LogP contribution is -1.85. The SMILES string of the molecule is COc1ccc(-c2cc3c(Sc4cccc(C)c4)ncnc3[nH]2)cc1. The molecule has 0 radical (unpaired) electrons. The van der Waals surface area contributed by atoms with Crippen molar-refractivity contribution in [3.05, 3.63) is 66.5 Å². The zero-order valence-corrected chi connectivity index (χ0v) is 14.8. The number of aromatic amines is 1. The predicted octanol–water partition coefficient (Wildman–Crippen LogP) is 5.09. The lowest BCUT2D eigenvalue weighted by molar-refractivity contribution is 0.415. The molecule has 4 rings (SSSR count). The van der Waals surface area contributed by atoms with E-state index < -0.39 is 0 Å². The third-order valence-electron chi connectivity index (χ3n) is 3.99. The van der Waals surface area contributed by atoms with E-state index in [1.54, 1.807) is 25.2 Å². The maximum absolute atomic E-state index is 5.22. The second-order valence-corrected chi connectivity index (χ2v) is 6.83.